The number of carbonyl (C=O) groups excluding carboxylic acids is 1. The van der Waals surface area contributed by atoms with Crippen LogP contribution in [0.25, 0.3) is 21.7 Å². The van der Waals surface area contributed by atoms with Gasteiger partial charge in [-0.1, -0.05) is 36.4 Å². The fourth-order valence-corrected chi connectivity index (χ4v) is 3.02. The minimum absolute atomic E-state index is 0.174. The Morgan fingerprint density at radius 1 is 0.958 bits per heavy atom. The van der Waals surface area contributed by atoms with E-state index in [1.54, 1.807) is 13.2 Å². The van der Waals surface area contributed by atoms with Crippen LogP contribution in [0, 0.1) is 6.92 Å². The highest BCUT2D eigenvalue weighted by Crippen LogP contribution is 2.30. The lowest BCUT2D eigenvalue weighted by Crippen LogP contribution is -2.03. The molecule has 0 atom stereocenters. The number of methoxy groups -OCH3 is 1. The number of hydrogen-bond donors (Lipinski definition) is 0. The van der Waals surface area contributed by atoms with E-state index in [1.165, 1.54) is 0 Å². The van der Waals surface area contributed by atoms with Crippen LogP contribution in [0.3, 0.4) is 0 Å². The van der Waals surface area contributed by atoms with Crippen molar-refractivity contribution >= 4 is 27.5 Å². The minimum Gasteiger partial charge on any atom is -0.496 e. The Morgan fingerprint density at radius 3 is 2.62 bits per heavy atom. The van der Waals surface area contributed by atoms with Gasteiger partial charge >= 0.3 is 0 Å². The predicted octanol–water partition coefficient (Wildman–Crippen LogP) is 5.13. The quantitative estimate of drug-likeness (QED) is 0.492. The number of rotatable bonds is 3. The summed E-state index contributed by atoms with van der Waals surface area (Å²) in [7, 11) is 1.57. The van der Waals surface area contributed by atoms with Crippen LogP contribution < -0.4 is 4.74 Å². The van der Waals surface area contributed by atoms with Crippen molar-refractivity contribution in [2.75, 3.05) is 7.11 Å². The first-order chi connectivity index (χ1) is 11.7. The highest BCUT2D eigenvalue weighted by atomic mass is 16.5. The van der Waals surface area contributed by atoms with Crippen molar-refractivity contribution in [3.63, 3.8) is 0 Å². The molecule has 1 aromatic heterocycles. The first kappa shape index (κ1) is 14.5. The van der Waals surface area contributed by atoms with E-state index in [2.05, 4.69) is 0 Å². The Labute approximate surface area is 139 Å². The van der Waals surface area contributed by atoms with E-state index in [4.69, 9.17) is 9.15 Å². The smallest absolute Gasteiger partial charge is 0.231 e. The second kappa shape index (κ2) is 5.53. The molecule has 0 saturated heterocycles. The number of fused-ring (bicyclic) bond motifs is 3. The second-order valence-corrected chi connectivity index (χ2v) is 5.84. The Bertz CT molecular complexity index is 1070. The molecule has 0 saturated carbocycles. The highest BCUT2D eigenvalue weighted by molar-refractivity contribution is 6.14. The van der Waals surface area contributed by atoms with E-state index in [0.29, 0.717) is 22.7 Å². The number of benzene rings is 3. The van der Waals surface area contributed by atoms with Gasteiger partial charge in [0.25, 0.3) is 0 Å². The Kier molecular flexibility index (Phi) is 3.35. The molecule has 0 aliphatic rings. The Hall–Kier alpha value is -3.07. The minimum atomic E-state index is -0.174. The summed E-state index contributed by atoms with van der Waals surface area (Å²) in [4.78, 5) is 12.9. The van der Waals surface area contributed by atoms with Crippen LogP contribution in [-0.4, -0.2) is 12.9 Å². The molecule has 3 heteroatoms. The summed E-state index contributed by atoms with van der Waals surface area (Å²) in [5.74, 6) is 0.709. The molecule has 4 aromatic rings. The van der Waals surface area contributed by atoms with Gasteiger partial charge in [-0.25, -0.2) is 0 Å². The lowest BCUT2D eigenvalue weighted by atomic mass is 10.0. The zero-order valence-corrected chi connectivity index (χ0v) is 13.5. The maximum atomic E-state index is 12.9. The van der Waals surface area contributed by atoms with Crippen LogP contribution in [-0.2, 0) is 0 Å². The summed E-state index contributed by atoms with van der Waals surface area (Å²) in [6.07, 6.45) is 0. The monoisotopic (exact) mass is 316 g/mol. The number of ketones is 1. The van der Waals surface area contributed by atoms with E-state index in [1.807, 2.05) is 61.5 Å². The van der Waals surface area contributed by atoms with Gasteiger partial charge in [-0.3, -0.25) is 4.79 Å². The predicted molar refractivity (Wildman–Crippen MR) is 94.9 cm³/mol. The summed E-state index contributed by atoms with van der Waals surface area (Å²) in [5.41, 5.74) is 2.26. The molecule has 24 heavy (non-hydrogen) atoms. The fraction of sp³-hybridized carbons (Fsp3) is 0.0952. The molecule has 0 aliphatic heterocycles. The van der Waals surface area contributed by atoms with E-state index in [9.17, 15) is 4.79 Å². The third-order valence-electron chi connectivity index (χ3n) is 4.25. The average molecular weight is 316 g/mol. The maximum Gasteiger partial charge on any atom is 0.231 e. The average Bonchev–Trinajstić information content (AvgIpc) is 3.05. The molecule has 0 unspecified atom stereocenters. The Morgan fingerprint density at radius 2 is 1.79 bits per heavy atom. The summed E-state index contributed by atoms with van der Waals surface area (Å²) >= 11 is 0. The van der Waals surface area contributed by atoms with Gasteiger partial charge in [-0.05, 0) is 47.5 Å². The third kappa shape index (κ3) is 2.26. The van der Waals surface area contributed by atoms with Crippen LogP contribution >= 0.6 is 0 Å². The van der Waals surface area contributed by atoms with Crippen LogP contribution in [0.5, 0.6) is 5.75 Å². The number of furan rings is 1. The number of hydrogen-bond acceptors (Lipinski definition) is 3. The number of ether oxygens (including phenoxy) is 1. The van der Waals surface area contributed by atoms with Crippen molar-refractivity contribution in [1.82, 2.24) is 0 Å². The molecule has 0 amide bonds. The van der Waals surface area contributed by atoms with Gasteiger partial charge in [0.05, 0.1) is 12.7 Å². The largest absolute Gasteiger partial charge is 0.496 e. The molecule has 118 valence electrons. The van der Waals surface area contributed by atoms with Crippen LogP contribution in [0.1, 0.15) is 21.7 Å². The number of aryl methyl sites for hydroxylation is 1. The zero-order valence-electron chi connectivity index (χ0n) is 13.5. The van der Waals surface area contributed by atoms with Crippen molar-refractivity contribution in [2.45, 2.75) is 6.92 Å². The molecule has 0 aliphatic carbocycles. The normalized spacial score (nSPS) is 11.1. The topological polar surface area (TPSA) is 39.4 Å². The fourth-order valence-electron chi connectivity index (χ4n) is 3.02. The second-order valence-electron chi connectivity index (χ2n) is 5.84. The molecule has 0 bridgehead atoms. The molecule has 3 aromatic carbocycles. The molecule has 0 N–H and O–H groups in total. The van der Waals surface area contributed by atoms with Crippen molar-refractivity contribution in [3.8, 4) is 5.75 Å². The standard InChI is InChI=1S/C21H16O3/c1-13-7-9-16(19(11-13)23-2)21(22)20-12-17-15-6-4-3-5-14(15)8-10-18(17)24-20/h3-12H,1-2H3. The van der Waals surface area contributed by atoms with E-state index < -0.39 is 0 Å². The molecule has 3 nitrogen and oxygen atoms in total. The summed E-state index contributed by atoms with van der Waals surface area (Å²) in [6.45, 7) is 1.96. The van der Waals surface area contributed by atoms with Gasteiger partial charge in [-0.15, -0.1) is 0 Å². The zero-order chi connectivity index (χ0) is 16.7. The molecule has 4 rings (SSSR count). The molecule has 0 fully saturated rings. The van der Waals surface area contributed by atoms with Gasteiger partial charge in [0, 0.05) is 5.39 Å². The van der Waals surface area contributed by atoms with Crippen LogP contribution in [0.2, 0.25) is 0 Å². The lowest BCUT2D eigenvalue weighted by molar-refractivity contribution is 0.101. The molecule has 1 heterocycles. The van der Waals surface area contributed by atoms with Gasteiger partial charge < -0.3 is 9.15 Å². The van der Waals surface area contributed by atoms with Crippen molar-refractivity contribution in [2.24, 2.45) is 0 Å². The van der Waals surface area contributed by atoms with Crippen molar-refractivity contribution in [1.29, 1.82) is 0 Å². The van der Waals surface area contributed by atoms with E-state index in [-0.39, 0.29) is 5.78 Å². The van der Waals surface area contributed by atoms with Crippen LogP contribution in [0.4, 0.5) is 0 Å². The first-order valence-electron chi connectivity index (χ1n) is 7.78. The molecular formula is C21H16O3. The third-order valence-corrected chi connectivity index (χ3v) is 4.25. The first-order valence-corrected chi connectivity index (χ1v) is 7.78. The van der Waals surface area contributed by atoms with Crippen molar-refractivity contribution in [3.05, 3.63) is 77.6 Å². The summed E-state index contributed by atoms with van der Waals surface area (Å²) in [5, 5.41) is 3.15. The SMILES string of the molecule is COc1cc(C)ccc1C(=O)c1cc2c(ccc3ccccc32)o1. The summed E-state index contributed by atoms with van der Waals surface area (Å²) < 4.78 is 11.2. The van der Waals surface area contributed by atoms with E-state index >= 15 is 0 Å². The van der Waals surface area contributed by atoms with E-state index in [0.717, 1.165) is 21.7 Å². The highest BCUT2D eigenvalue weighted by Gasteiger charge is 2.19. The van der Waals surface area contributed by atoms with Crippen LogP contribution in [0.15, 0.2) is 65.1 Å². The molecule has 0 radical (unpaired) electrons. The van der Waals surface area contributed by atoms with Gasteiger partial charge in [0.2, 0.25) is 5.78 Å². The summed E-state index contributed by atoms with van der Waals surface area (Å²) in [6, 6.07) is 19.3. The van der Waals surface area contributed by atoms with Gasteiger partial charge in [0.15, 0.2) is 5.76 Å². The molecule has 0 spiro atoms. The van der Waals surface area contributed by atoms with Crippen molar-refractivity contribution < 1.29 is 13.9 Å². The maximum absolute atomic E-state index is 12.9. The molecular weight excluding hydrogens is 300 g/mol. The van der Waals surface area contributed by atoms with Gasteiger partial charge in [0.1, 0.15) is 11.3 Å². The number of carbonyl (C=O) groups is 1. The van der Waals surface area contributed by atoms with Gasteiger partial charge in [-0.2, -0.15) is 0 Å². The Balaban J connectivity index is 1.87. The lowest BCUT2D eigenvalue weighted by Gasteiger charge is -2.07.